The highest BCUT2D eigenvalue weighted by molar-refractivity contribution is 7.89. The summed E-state index contributed by atoms with van der Waals surface area (Å²) in [5.41, 5.74) is 0.858. The molecule has 0 aromatic heterocycles. The van der Waals surface area contributed by atoms with E-state index in [0.717, 1.165) is 24.3 Å². The predicted octanol–water partition coefficient (Wildman–Crippen LogP) is 3.47. The van der Waals surface area contributed by atoms with E-state index in [4.69, 9.17) is 21.4 Å². The van der Waals surface area contributed by atoms with Gasteiger partial charge in [0, 0.05) is 10.7 Å². The molecule has 0 fully saturated rings. The molecule has 11 heteroatoms. The first-order valence-electron chi connectivity index (χ1n) is 9.90. The number of ether oxygens (including phenoxy) is 1. The van der Waals surface area contributed by atoms with Crippen molar-refractivity contribution < 1.29 is 32.2 Å². The quantitative estimate of drug-likeness (QED) is 0.387. The molecule has 8 nitrogen and oxygen atoms in total. The largest absolute Gasteiger partial charge is 0.491 e. The van der Waals surface area contributed by atoms with Gasteiger partial charge in [-0.15, -0.1) is 0 Å². The fourth-order valence-electron chi connectivity index (χ4n) is 2.88. The van der Waals surface area contributed by atoms with E-state index < -0.39 is 33.8 Å². The van der Waals surface area contributed by atoms with Crippen molar-refractivity contribution in [2.45, 2.75) is 17.4 Å². The summed E-state index contributed by atoms with van der Waals surface area (Å²) in [7, 11) is -4.20. The van der Waals surface area contributed by atoms with Gasteiger partial charge in [0.05, 0.1) is 11.3 Å². The molecule has 0 aliphatic rings. The minimum absolute atomic E-state index is 0.179. The molecule has 3 rings (SSSR count). The monoisotopic (exact) mass is 506 g/mol. The second-order valence-corrected chi connectivity index (χ2v) is 9.30. The second-order valence-electron chi connectivity index (χ2n) is 7.15. The maximum atomic E-state index is 13.2. The first-order chi connectivity index (χ1) is 16.1. The van der Waals surface area contributed by atoms with Crippen LogP contribution in [0, 0.1) is 5.82 Å². The van der Waals surface area contributed by atoms with Crippen LogP contribution in [-0.2, 0) is 26.0 Å². The summed E-state index contributed by atoms with van der Waals surface area (Å²) < 4.78 is 46.6. The number of sulfonamides is 1. The average Bonchev–Trinajstić information content (AvgIpc) is 2.78. The highest BCUT2D eigenvalue weighted by Gasteiger charge is 2.27. The number of anilines is 1. The molecule has 0 saturated carbocycles. The summed E-state index contributed by atoms with van der Waals surface area (Å²) in [6.07, 6.45) is -0.179. The Morgan fingerprint density at radius 2 is 1.71 bits per heavy atom. The number of carbonyl (C=O) groups excluding carboxylic acids is 1. The van der Waals surface area contributed by atoms with Crippen molar-refractivity contribution in [1.82, 2.24) is 4.72 Å². The van der Waals surface area contributed by atoms with Gasteiger partial charge in [0.25, 0.3) is 0 Å². The van der Waals surface area contributed by atoms with E-state index >= 15 is 0 Å². The van der Waals surface area contributed by atoms with Crippen molar-refractivity contribution in [3.63, 3.8) is 0 Å². The molecule has 0 bridgehead atoms. The lowest BCUT2D eigenvalue weighted by molar-refractivity contribution is -0.136. The number of carboxylic acid groups (broad SMARTS) is 1. The number of carboxylic acids is 1. The summed E-state index contributed by atoms with van der Waals surface area (Å²) >= 11 is 5.94. The summed E-state index contributed by atoms with van der Waals surface area (Å²) in [5, 5.41) is 11.8. The Hall–Kier alpha value is -3.47. The molecule has 1 amide bonds. The molecule has 0 aliphatic carbocycles. The fourth-order valence-corrected chi connectivity index (χ4v) is 4.24. The van der Waals surface area contributed by atoms with Gasteiger partial charge in [-0.2, -0.15) is 4.72 Å². The highest BCUT2D eigenvalue weighted by atomic mass is 35.5. The van der Waals surface area contributed by atoms with E-state index in [1.165, 1.54) is 30.3 Å². The Bertz CT molecular complexity index is 1270. The Balaban J connectivity index is 1.78. The van der Waals surface area contributed by atoms with Crippen molar-refractivity contribution in [2.24, 2.45) is 0 Å². The molecule has 34 heavy (non-hydrogen) atoms. The fraction of sp³-hybridized carbons (Fsp3) is 0.130. The molecule has 0 unspecified atom stereocenters. The number of hydrogen-bond donors (Lipinski definition) is 3. The summed E-state index contributed by atoms with van der Waals surface area (Å²) in [6.45, 7) is -0.371. The van der Waals surface area contributed by atoms with Gasteiger partial charge in [-0.1, -0.05) is 29.8 Å². The number of benzene rings is 3. The first-order valence-corrected chi connectivity index (χ1v) is 11.8. The van der Waals surface area contributed by atoms with Gasteiger partial charge in [0.15, 0.2) is 0 Å². The third-order valence-electron chi connectivity index (χ3n) is 4.53. The highest BCUT2D eigenvalue weighted by Crippen LogP contribution is 2.18. The number of aliphatic carboxylic acids is 1. The van der Waals surface area contributed by atoms with E-state index in [0.29, 0.717) is 22.0 Å². The molecule has 0 aliphatic heterocycles. The number of nitrogens with one attached hydrogen (secondary N) is 2. The lowest BCUT2D eigenvalue weighted by Crippen LogP contribution is -2.47. The van der Waals surface area contributed by atoms with E-state index in [-0.39, 0.29) is 17.9 Å². The van der Waals surface area contributed by atoms with Crippen molar-refractivity contribution >= 4 is 39.2 Å². The molecule has 3 aromatic carbocycles. The van der Waals surface area contributed by atoms with Crippen LogP contribution in [0.5, 0.6) is 5.75 Å². The molecular formula is C23H20ClFN2O6S. The summed E-state index contributed by atoms with van der Waals surface area (Å²) in [5.74, 6) is -2.00. The van der Waals surface area contributed by atoms with E-state index in [1.54, 1.807) is 18.2 Å². The van der Waals surface area contributed by atoms with E-state index in [1.807, 2.05) is 0 Å². The minimum atomic E-state index is -4.20. The van der Waals surface area contributed by atoms with Gasteiger partial charge in [0.1, 0.15) is 24.2 Å². The Kier molecular flexibility index (Phi) is 8.21. The van der Waals surface area contributed by atoms with Crippen LogP contribution in [0.2, 0.25) is 5.02 Å². The van der Waals surface area contributed by atoms with Crippen LogP contribution in [0.25, 0.3) is 0 Å². The van der Waals surface area contributed by atoms with Crippen molar-refractivity contribution in [1.29, 1.82) is 0 Å². The molecular weight excluding hydrogens is 487 g/mol. The zero-order chi connectivity index (χ0) is 24.7. The Morgan fingerprint density at radius 3 is 2.32 bits per heavy atom. The van der Waals surface area contributed by atoms with Crippen LogP contribution >= 0.6 is 11.6 Å². The minimum Gasteiger partial charge on any atom is -0.491 e. The van der Waals surface area contributed by atoms with Crippen molar-refractivity contribution in [2.75, 3.05) is 11.9 Å². The van der Waals surface area contributed by atoms with Crippen LogP contribution < -0.4 is 14.8 Å². The standard InChI is InChI=1S/C23H20ClFN2O6S/c24-16-2-1-3-19(13-16)33-14-21(27-34(31,32)20-10-6-17(25)7-11-20)23(30)26-18-8-4-15(5-9-18)12-22(28)29/h1-11,13,21,27H,12,14H2,(H,26,30)(H,28,29)/t21-/m0/s1. The van der Waals surface area contributed by atoms with Crippen LogP contribution in [0.4, 0.5) is 10.1 Å². The zero-order valence-corrected chi connectivity index (χ0v) is 19.1. The van der Waals surface area contributed by atoms with Crippen molar-refractivity contribution in [3.8, 4) is 5.75 Å². The first kappa shape index (κ1) is 25.2. The third-order valence-corrected chi connectivity index (χ3v) is 6.25. The summed E-state index contributed by atoms with van der Waals surface area (Å²) in [6, 6.07) is 15.2. The second kappa shape index (κ2) is 11.1. The number of hydrogen-bond acceptors (Lipinski definition) is 5. The zero-order valence-electron chi connectivity index (χ0n) is 17.6. The lowest BCUT2D eigenvalue weighted by Gasteiger charge is -2.19. The third kappa shape index (κ3) is 7.27. The lowest BCUT2D eigenvalue weighted by atomic mass is 10.1. The van der Waals surface area contributed by atoms with Gasteiger partial charge in [-0.25, -0.2) is 12.8 Å². The van der Waals surface area contributed by atoms with Crippen LogP contribution in [0.3, 0.4) is 0 Å². The van der Waals surface area contributed by atoms with Gasteiger partial charge in [-0.05, 0) is 60.2 Å². The molecule has 3 aromatic rings. The molecule has 3 N–H and O–H groups in total. The smallest absolute Gasteiger partial charge is 0.307 e. The Morgan fingerprint density at radius 1 is 1.03 bits per heavy atom. The molecule has 0 saturated heterocycles. The molecule has 1 atom stereocenters. The SMILES string of the molecule is O=C(O)Cc1ccc(NC(=O)[C@H](COc2cccc(Cl)c2)NS(=O)(=O)c2ccc(F)cc2)cc1. The van der Waals surface area contributed by atoms with E-state index in [9.17, 15) is 22.4 Å². The number of halogens is 2. The number of amides is 1. The van der Waals surface area contributed by atoms with Crippen LogP contribution in [-0.4, -0.2) is 38.0 Å². The number of carbonyl (C=O) groups is 2. The topological polar surface area (TPSA) is 122 Å². The average molecular weight is 507 g/mol. The summed E-state index contributed by atoms with van der Waals surface area (Å²) in [4.78, 5) is 23.5. The van der Waals surface area contributed by atoms with Crippen LogP contribution in [0.1, 0.15) is 5.56 Å². The Labute approximate surface area is 200 Å². The molecule has 0 heterocycles. The van der Waals surface area contributed by atoms with Crippen LogP contribution in [0.15, 0.2) is 77.7 Å². The van der Waals surface area contributed by atoms with Gasteiger partial charge in [0.2, 0.25) is 15.9 Å². The van der Waals surface area contributed by atoms with Crippen molar-refractivity contribution in [3.05, 3.63) is 89.2 Å². The molecule has 0 radical (unpaired) electrons. The van der Waals surface area contributed by atoms with Gasteiger partial charge in [-0.3, -0.25) is 9.59 Å². The number of rotatable bonds is 10. The molecule has 178 valence electrons. The predicted molar refractivity (Wildman–Crippen MR) is 124 cm³/mol. The maximum Gasteiger partial charge on any atom is 0.307 e. The van der Waals surface area contributed by atoms with Gasteiger partial charge >= 0.3 is 5.97 Å². The molecule has 0 spiro atoms. The normalized spacial score (nSPS) is 12.1. The maximum absolute atomic E-state index is 13.2. The van der Waals surface area contributed by atoms with Gasteiger partial charge < -0.3 is 15.2 Å². The van der Waals surface area contributed by atoms with E-state index in [2.05, 4.69) is 10.0 Å².